The summed E-state index contributed by atoms with van der Waals surface area (Å²) in [6.07, 6.45) is 0. The van der Waals surface area contributed by atoms with E-state index in [1.165, 1.54) is 0 Å². The van der Waals surface area contributed by atoms with Crippen molar-refractivity contribution < 1.29 is 8.78 Å². The maximum atomic E-state index is 13.6. The average molecular weight is 236 g/mol. The Balaban J connectivity index is 2.85. The first-order valence-corrected chi connectivity index (χ1v) is 5.35. The standard InChI is InChI=1S/C13H14F2N2/c1-13(2,3)8-6-7-9(14)4-5-10(15)11(7)17-12(8)16/h4-6H,1-3H3,(H2,16,17). The second-order valence-corrected chi connectivity index (χ2v) is 5.10. The van der Waals surface area contributed by atoms with E-state index < -0.39 is 11.6 Å². The van der Waals surface area contributed by atoms with E-state index in [1.54, 1.807) is 6.07 Å². The number of nitrogen functional groups attached to an aromatic ring is 1. The summed E-state index contributed by atoms with van der Waals surface area (Å²) in [7, 11) is 0. The number of anilines is 1. The second kappa shape index (κ2) is 3.65. The van der Waals surface area contributed by atoms with E-state index >= 15 is 0 Å². The maximum absolute atomic E-state index is 13.6. The number of nitrogens with zero attached hydrogens (tertiary/aromatic N) is 1. The molecule has 0 saturated heterocycles. The van der Waals surface area contributed by atoms with E-state index in [4.69, 9.17) is 5.73 Å². The number of fused-ring (bicyclic) bond motifs is 1. The van der Waals surface area contributed by atoms with Crippen molar-refractivity contribution in [1.82, 2.24) is 4.98 Å². The van der Waals surface area contributed by atoms with Crippen LogP contribution in [0.4, 0.5) is 14.6 Å². The molecule has 2 rings (SSSR count). The lowest BCUT2D eigenvalue weighted by Gasteiger charge is -2.21. The van der Waals surface area contributed by atoms with Gasteiger partial charge >= 0.3 is 0 Å². The molecule has 4 heteroatoms. The molecule has 1 aromatic heterocycles. The Morgan fingerprint density at radius 1 is 1.12 bits per heavy atom. The van der Waals surface area contributed by atoms with Gasteiger partial charge in [-0.15, -0.1) is 0 Å². The number of rotatable bonds is 0. The highest BCUT2D eigenvalue weighted by Gasteiger charge is 2.20. The van der Waals surface area contributed by atoms with Gasteiger partial charge < -0.3 is 5.73 Å². The Morgan fingerprint density at radius 2 is 1.71 bits per heavy atom. The van der Waals surface area contributed by atoms with Gasteiger partial charge in [-0.2, -0.15) is 0 Å². The summed E-state index contributed by atoms with van der Waals surface area (Å²) in [5.74, 6) is -0.803. The summed E-state index contributed by atoms with van der Waals surface area (Å²) in [6.45, 7) is 5.84. The summed E-state index contributed by atoms with van der Waals surface area (Å²) in [4.78, 5) is 3.97. The van der Waals surface area contributed by atoms with E-state index in [-0.39, 0.29) is 22.1 Å². The fourth-order valence-electron chi connectivity index (χ4n) is 1.81. The molecule has 0 aliphatic carbocycles. The molecule has 0 fully saturated rings. The third-order valence-electron chi connectivity index (χ3n) is 2.72. The molecule has 0 aliphatic rings. The number of hydrogen-bond donors (Lipinski definition) is 1. The van der Waals surface area contributed by atoms with Crippen LogP contribution in [0.1, 0.15) is 26.3 Å². The Labute approximate surface area is 98.5 Å². The van der Waals surface area contributed by atoms with Crippen molar-refractivity contribution in [3.63, 3.8) is 0 Å². The molecule has 0 saturated carbocycles. The van der Waals surface area contributed by atoms with Crippen molar-refractivity contribution in [1.29, 1.82) is 0 Å². The lowest BCUT2D eigenvalue weighted by molar-refractivity contribution is 0.588. The van der Waals surface area contributed by atoms with Gasteiger partial charge in [0.15, 0.2) is 0 Å². The Hall–Kier alpha value is -1.71. The highest BCUT2D eigenvalue weighted by atomic mass is 19.1. The van der Waals surface area contributed by atoms with Gasteiger partial charge in [0.25, 0.3) is 0 Å². The summed E-state index contributed by atoms with van der Waals surface area (Å²) < 4.78 is 27.1. The minimum absolute atomic E-state index is 0.0181. The lowest BCUT2D eigenvalue weighted by Crippen LogP contribution is -2.15. The molecule has 90 valence electrons. The summed E-state index contributed by atoms with van der Waals surface area (Å²) >= 11 is 0. The van der Waals surface area contributed by atoms with Crippen molar-refractivity contribution in [3.8, 4) is 0 Å². The number of aromatic nitrogens is 1. The van der Waals surface area contributed by atoms with Gasteiger partial charge in [-0.05, 0) is 23.6 Å². The highest BCUT2D eigenvalue weighted by molar-refractivity contribution is 5.83. The van der Waals surface area contributed by atoms with Crippen molar-refractivity contribution in [2.45, 2.75) is 26.2 Å². The lowest BCUT2D eigenvalue weighted by atomic mass is 9.86. The van der Waals surface area contributed by atoms with Gasteiger partial charge in [0.2, 0.25) is 0 Å². The second-order valence-electron chi connectivity index (χ2n) is 5.10. The fourth-order valence-corrected chi connectivity index (χ4v) is 1.81. The van der Waals surface area contributed by atoms with E-state index in [9.17, 15) is 8.78 Å². The van der Waals surface area contributed by atoms with Crippen molar-refractivity contribution in [2.24, 2.45) is 0 Å². The van der Waals surface area contributed by atoms with Crippen molar-refractivity contribution in [3.05, 3.63) is 35.4 Å². The van der Waals surface area contributed by atoms with Gasteiger partial charge in [0.05, 0.1) is 0 Å². The van der Waals surface area contributed by atoms with Crippen LogP contribution in [0, 0.1) is 11.6 Å². The summed E-state index contributed by atoms with van der Waals surface area (Å²) in [5.41, 5.74) is 6.23. The van der Waals surface area contributed by atoms with E-state index in [0.717, 1.165) is 17.7 Å². The van der Waals surface area contributed by atoms with Crippen molar-refractivity contribution in [2.75, 3.05) is 5.73 Å². The number of nitrogens with two attached hydrogens (primary N) is 1. The molecule has 0 amide bonds. The molecule has 2 nitrogen and oxygen atoms in total. The average Bonchev–Trinajstić information content (AvgIpc) is 2.21. The Morgan fingerprint density at radius 3 is 2.29 bits per heavy atom. The zero-order valence-electron chi connectivity index (χ0n) is 10.0. The zero-order valence-corrected chi connectivity index (χ0v) is 10.0. The van der Waals surface area contributed by atoms with Crippen LogP contribution in [0.15, 0.2) is 18.2 Å². The highest BCUT2D eigenvalue weighted by Crippen LogP contribution is 2.31. The third kappa shape index (κ3) is 1.95. The minimum Gasteiger partial charge on any atom is -0.383 e. The first-order chi connectivity index (χ1) is 7.80. The topological polar surface area (TPSA) is 38.9 Å². The molecule has 0 unspecified atom stereocenters. The first kappa shape index (κ1) is 11.8. The quantitative estimate of drug-likeness (QED) is 0.761. The van der Waals surface area contributed by atoms with Crippen LogP contribution in [0.5, 0.6) is 0 Å². The SMILES string of the molecule is CC(C)(C)c1cc2c(F)ccc(F)c2nc1N. The van der Waals surface area contributed by atoms with Crippen LogP contribution in [-0.4, -0.2) is 4.98 Å². The minimum atomic E-state index is -0.562. The summed E-state index contributed by atoms with van der Waals surface area (Å²) in [5, 5.41) is 0.170. The molecule has 0 atom stereocenters. The largest absolute Gasteiger partial charge is 0.383 e. The zero-order chi connectivity index (χ0) is 12.8. The normalized spacial score (nSPS) is 12.1. The first-order valence-electron chi connectivity index (χ1n) is 5.35. The van der Waals surface area contributed by atoms with Gasteiger partial charge in [-0.1, -0.05) is 20.8 Å². The van der Waals surface area contributed by atoms with E-state index in [0.29, 0.717) is 0 Å². The predicted octanol–water partition coefficient (Wildman–Crippen LogP) is 3.39. The van der Waals surface area contributed by atoms with Gasteiger partial charge in [0, 0.05) is 10.9 Å². The molecule has 2 aromatic rings. The third-order valence-corrected chi connectivity index (χ3v) is 2.72. The fraction of sp³-hybridized carbons (Fsp3) is 0.308. The molecule has 0 bridgehead atoms. The van der Waals surface area contributed by atoms with Crippen LogP contribution in [0.3, 0.4) is 0 Å². The molecule has 0 radical (unpaired) electrons. The number of pyridine rings is 1. The number of hydrogen-bond acceptors (Lipinski definition) is 2. The van der Waals surface area contributed by atoms with Crippen LogP contribution in [0.2, 0.25) is 0 Å². The molecule has 0 aliphatic heterocycles. The number of benzene rings is 1. The van der Waals surface area contributed by atoms with Gasteiger partial charge in [0.1, 0.15) is 23.0 Å². The van der Waals surface area contributed by atoms with Crippen LogP contribution < -0.4 is 5.73 Å². The predicted molar refractivity (Wildman–Crippen MR) is 64.8 cm³/mol. The molecule has 17 heavy (non-hydrogen) atoms. The molecule has 2 N–H and O–H groups in total. The van der Waals surface area contributed by atoms with Gasteiger partial charge in [-0.25, -0.2) is 13.8 Å². The molecule has 1 aromatic carbocycles. The molecular formula is C13H14F2N2. The Kier molecular flexibility index (Phi) is 2.53. The van der Waals surface area contributed by atoms with E-state index in [1.807, 2.05) is 20.8 Å². The molecule has 0 spiro atoms. The number of halogens is 2. The van der Waals surface area contributed by atoms with Crippen molar-refractivity contribution >= 4 is 16.7 Å². The summed E-state index contributed by atoms with van der Waals surface area (Å²) in [6, 6.07) is 3.74. The smallest absolute Gasteiger partial charge is 0.149 e. The monoisotopic (exact) mass is 236 g/mol. The van der Waals surface area contributed by atoms with Crippen LogP contribution in [-0.2, 0) is 5.41 Å². The van der Waals surface area contributed by atoms with Crippen LogP contribution >= 0.6 is 0 Å². The van der Waals surface area contributed by atoms with Crippen LogP contribution in [0.25, 0.3) is 10.9 Å². The molecular weight excluding hydrogens is 222 g/mol. The van der Waals surface area contributed by atoms with Gasteiger partial charge in [-0.3, -0.25) is 0 Å². The van der Waals surface area contributed by atoms with E-state index in [2.05, 4.69) is 4.98 Å². The maximum Gasteiger partial charge on any atom is 0.149 e. The Bertz CT molecular complexity index is 586. The molecule has 1 heterocycles.